The van der Waals surface area contributed by atoms with Crippen LogP contribution in [0.15, 0.2) is 30.3 Å². The van der Waals surface area contributed by atoms with E-state index in [9.17, 15) is 27.9 Å². The van der Waals surface area contributed by atoms with Crippen LogP contribution in [-0.4, -0.2) is 59.1 Å². The minimum atomic E-state index is -4.53. The van der Waals surface area contributed by atoms with Crippen LogP contribution in [0.2, 0.25) is 0 Å². The van der Waals surface area contributed by atoms with Gasteiger partial charge < -0.3 is 10.0 Å². The second-order valence-corrected chi connectivity index (χ2v) is 8.15. The fraction of sp³-hybridized carbons (Fsp3) is 0.579. The number of hydrogen-bond donors (Lipinski definition) is 1. The average molecular weight is 382 g/mol. The van der Waals surface area contributed by atoms with E-state index in [1.807, 2.05) is 35.2 Å². The standard InChI is InChI=1S/C19H21F3N2O3/c20-19(21,22)18(6-7-18)16(27)24-11-17(12-24)10-23(9-14(17)15(25)26)8-13-4-2-1-3-5-13/h1-5,14H,6-12H2,(H,25,26)/t14-/m0/s1. The Morgan fingerprint density at radius 2 is 1.74 bits per heavy atom. The zero-order valence-electron chi connectivity index (χ0n) is 14.7. The van der Waals surface area contributed by atoms with Crippen molar-refractivity contribution in [2.24, 2.45) is 16.7 Å². The number of carbonyl (C=O) groups is 2. The number of rotatable bonds is 4. The Balaban J connectivity index is 1.45. The van der Waals surface area contributed by atoms with Gasteiger partial charge in [-0.15, -0.1) is 0 Å². The quantitative estimate of drug-likeness (QED) is 0.869. The summed E-state index contributed by atoms with van der Waals surface area (Å²) in [7, 11) is 0. The van der Waals surface area contributed by atoms with E-state index in [1.54, 1.807) is 0 Å². The molecule has 1 saturated carbocycles. The summed E-state index contributed by atoms with van der Waals surface area (Å²) in [5.41, 5.74) is -1.83. The van der Waals surface area contributed by atoms with Crippen molar-refractivity contribution in [2.75, 3.05) is 26.2 Å². The van der Waals surface area contributed by atoms with Gasteiger partial charge in [0.15, 0.2) is 0 Å². The highest BCUT2D eigenvalue weighted by Crippen LogP contribution is 2.60. The summed E-state index contributed by atoms with van der Waals surface area (Å²) in [5, 5.41) is 9.61. The Morgan fingerprint density at radius 3 is 2.26 bits per heavy atom. The van der Waals surface area contributed by atoms with E-state index < -0.39 is 34.8 Å². The molecule has 8 heteroatoms. The SMILES string of the molecule is O=C(O)[C@@H]1CN(Cc2ccccc2)CC12CN(C(=O)C1(C(F)(F)F)CC1)C2. The van der Waals surface area contributed by atoms with Gasteiger partial charge >= 0.3 is 12.1 Å². The van der Waals surface area contributed by atoms with Gasteiger partial charge in [-0.2, -0.15) is 13.2 Å². The molecule has 3 fully saturated rings. The van der Waals surface area contributed by atoms with Crippen LogP contribution < -0.4 is 0 Å². The highest BCUT2D eigenvalue weighted by molar-refractivity contribution is 5.87. The maximum atomic E-state index is 13.2. The van der Waals surface area contributed by atoms with E-state index in [1.165, 1.54) is 4.90 Å². The Kier molecular flexibility index (Phi) is 4.03. The monoisotopic (exact) mass is 382 g/mol. The average Bonchev–Trinajstić information content (AvgIpc) is 3.30. The maximum absolute atomic E-state index is 13.2. The van der Waals surface area contributed by atoms with Gasteiger partial charge in [0.05, 0.1) is 5.92 Å². The van der Waals surface area contributed by atoms with Gasteiger partial charge in [-0.3, -0.25) is 14.5 Å². The van der Waals surface area contributed by atoms with Gasteiger partial charge in [-0.1, -0.05) is 30.3 Å². The zero-order chi connectivity index (χ0) is 19.4. The smallest absolute Gasteiger partial charge is 0.403 e. The summed E-state index contributed by atoms with van der Waals surface area (Å²) in [4.78, 5) is 27.4. The van der Waals surface area contributed by atoms with Gasteiger partial charge in [0, 0.05) is 38.1 Å². The van der Waals surface area contributed by atoms with Crippen LogP contribution in [0, 0.1) is 16.7 Å². The second-order valence-electron chi connectivity index (χ2n) is 8.15. The molecule has 2 saturated heterocycles. The Labute approximate surface area is 154 Å². The Morgan fingerprint density at radius 1 is 1.11 bits per heavy atom. The lowest BCUT2D eigenvalue weighted by atomic mass is 9.71. The summed E-state index contributed by atoms with van der Waals surface area (Å²) in [6, 6.07) is 9.63. The van der Waals surface area contributed by atoms with Gasteiger partial charge in [0.25, 0.3) is 0 Å². The molecule has 1 aromatic carbocycles. The van der Waals surface area contributed by atoms with Crippen molar-refractivity contribution in [3.05, 3.63) is 35.9 Å². The number of likely N-dealkylation sites (tertiary alicyclic amines) is 2. The van der Waals surface area contributed by atoms with Crippen LogP contribution in [0.1, 0.15) is 18.4 Å². The summed E-state index contributed by atoms with van der Waals surface area (Å²) < 4.78 is 39.6. The summed E-state index contributed by atoms with van der Waals surface area (Å²) in [6.07, 6.45) is -4.86. The van der Waals surface area contributed by atoms with E-state index in [-0.39, 0.29) is 25.9 Å². The number of amides is 1. The molecule has 3 aliphatic rings. The van der Waals surface area contributed by atoms with Crippen LogP contribution in [-0.2, 0) is 16.1 Å². The van der Waals surface area contributed by atoms with Crippen LogP contribution >= 0.6 is 0 Å². The molecular weight excluding hydrogens is 361 g/mol. The number of halogens is 3. The first-order valence-electron chi connectivity index (χ1n) is 9.02. The Hall–Kier alpha value is -2.09. The van der Waals surface area contributed by atoms with Crippen molar-refractivity contribution in [2.45, 2.75) is 25.6 Å². The molecule has 1 aliphatic carbocycles. The van der Waals surface area contributed by atoms with E-state index in [0.717, 1.165) is 5.56 Å². The van der Waals surface area contributed by atoms with E-state index in [0.29, 0.717) is 19.6 Å². The van der Waals surface area contributed by atoms with Gasteiger partial charge in [-0.05, 0) is 18.4 Å². The van der Waals surface area contributed by atoms with Crippen molar-refractivity contribution in [3.8, 4) is 0 Å². The number of carbonyl (C=O) groups excluding carboxylic acids is 1. The zero-order valence-corrected chi connectivity index (χ0v) is 14.7. The Bertz CT molecular complexity index is 755. The van der Waals surface area contributed by atoms with Crippen molar-refractivity contribution in [3.63, 3.8) is 0 Å². The fourth-order valence-electron chi connectivity index (χ4n) is 4.60. The first kappa shape index (κ1) is 18.3. The normalized spacial score (nSPS) is 26.0. The third kappa shape index (κ3) is 2.90. The molecule has 1 N–H and O–H groups in total. The first-order valence-corrected chi connectivity index (χ1v) is 9.02. The summed E-state index contributed by atoms with van der Waals surface area (Å²) in [6.45, 7) is 1.59. The van der Waals surface area contributed by atoms with Crippen molar-refractivity contribution in [1.82, 2.24) is 9.80 Å². The molecule has 4 rings (SSSR count). The third-order valence-electron chi connectivity index (χ3n) is 6.27. The predicted octanol–water partition coefficient (Wildman–Crippen LogP) is 2.37. The number of carboxylic acid groups (broad SMARTS) is 1. The number of hydrogen-bond acceptors (Lipinski definition) is 3. The van der Waals surface area contributed by atoms with Gasteiger partial charge in [0.2, 0.25) is 5.91 Å². The number of nitrogens with zero attached hydrogens (tertiary/aromatic N) is 2. The molecule has 1 atom stereocenters. The first-order chi connectivity index (χ1) is 12.7. The van der Waals surface area contributed by atoms with Crippen molar-refractivity contribution in [1.29, 1.82) is 0 Å². The molecule has 146 valence electrons. The molecule has 0 bridgehead atoms. The highest BCUT2D eigenvalue weighted by Gasteiger charge is 2.71. The molecule has 1 aromatic rings. The molecule has 0 aromatic heterocycles. The fourth-order valence-corrected chi connectivity index (χ4v) is 4.60. The molecule has 1 amide bonds. The molecule has 27 heavy (non-hydrogen) atoms. The van der Waals surface area contributed by atoms with Crippen LogP contribution in [0.5, 0.6) is 0 Å². The lowest BCUT2D eigenvalue weighted by molar-refractivity contribution is -0.206. The van der Waals surface area contributed by atoms with Crippen LogP contribution in [0.3, 0.4) is 0 Å². The van der Waals surface area contributed by atoms with E-state index in [4.69, 9.17) is 0 Å². The molecule has 1 spiro atoms. The maximum Gasteiger partial charge on any atom is 0.403 e. The minimum absolute atomic E-state index is 0.0892. The molecule has 0 radical (unpaired) electrons. The molecular formula is C19H21F3N2O3. The lowest BCUT2D eigenvalue weighted by Gasteiger charge is -2.51. The number of aliphatic carboxylic acids is 1. The third-order valence-corrected chi connectivity index (χ3v) is 6.27. The molecule has 2 aliphatic heterocycles. The lowest BCUT2D eigenvalue weighted by Crippen LogP contribution is -2.65. The van der Waals surface area contributed by atoms with E-state index >= 15 is 0 Å². The minimum Gasteiger partial charge on any atom is -0.481 e. The molecule has 5 nitrogen and oxygen atoms in total. The van der Waals surface area contributed by atoms with Gasteiger partial charge in [0.1, 0.15) is 5.41 Å². The molecule has 0 unspecified atom stereocenters. The van der Waals surface area contributed by atoms with Crippen LogP contribution in [0.4, 0.5) is 13.2 Å². The summed E-state index contributed by atoms with van der Waals surface area (Å²) in [5.74, 6) is -2.51. The topological polar surface area (TPSA) is 60.9 Å². The van der Waals surface area contributed by atoms with E-state index in [2.05, 4.69) is 0 Å². The number of alkyl halides is 3. The summed E-state index contributed by atoms with van der Waals surface area (Å²) >= 11 is 0. The largest absolute Gasteiger partial charge is 0.481 e. The van der Waals surface area contributed by atoms with Crippen molar-refractivity contribution >= 4 is 11.9 Å². The van der Waals surface area contributed by atoms with Crippen LogP contribution in [0.25, 0.3) is 0 Å². The molecule has 2 heterocycles. The number of benzene rings is 1. The second kappa shape index (κ2) is 5.95. The number of carboxylic acids is 1. The predicted molar refractivity (Wildman–Crippen MR) is 89.6 cm³/mol. The van der Waals surface area contributed by atoms with Gasteiger partial charge in [-0.25, -0.2) is 0 Å². The highest BCUT2D eigenvalue weighted by atomic mass is 19.4. The van der Waals surface area contributed by atoms with Crippen molar-refractivity contribution < 1.29 is 27.9 Å².